The molecule has 1 aliphatic heterocycles. The molecule has 98 valence electrons. The second-order valence-electron chi connectivity index (χ2n) is 4.81. The van der Waals surface area contributed by atoms with E-state index in [0.29, 0.717) is 6.61 Å². The van der Waals surface area contributed by atoms with Gasteiger partial charge in [0, 0.05) is 19.1 Å². The summed E-state index contributed by atoms with van der Waals surface area (Å²) in [5, 5.41) is 2.92. The van der Waals surface area contributed by atoms with Crippen LogP contribution in [0.15, 0.2) is 30.3 Å². The predicted octanol–water partition coefficient (Wildman–Crippen LogP) is 2.51. The average Bonchev–Trinajstić information content (AvgIpc) is 2.42. The Morgan fingerprint density at radius 1 is 1.28 bits per heavy atom. The van der Waals surface area contributed by atoms with Gasteiger partial charge in [0.25, 0.3) is 0 Å². The van der Waals surface area contributed by atoms with Gasteiger partial charge in [-0.2, -0.15) is 0 Å². The largest absolute Gasteiger partial charge is 0.377 e. The van der Waals surface area contributed by atoms with E-state index >= 15 is 0 Å². The molecule has 1 heterocycles. The lowest BCUT2D eigenvalue weighted by Crippen LogP contribution is -2.36. The molecule has 0 unspecified atom stereocenters. The Balaban J connectivity index is 1.57. The van der Waals surface area contributed by atoms with Crippen LogP contribution >= 0.6 is 0 Å². The van der Waals surface area contributed by atoms with Crippen LogP contribution in [-0.4, -0.2) is 19.1 Å². The van der Waals surface area contributed by atoms with Gasteiger partial charge in [-0.1, -0.05) is 30.3 Å². The van der Waals surface area contributed by atoms with Crippen molar-refractivity contribution >= 4 is 5.91 Å². The summed E-state index contributed by atoms with van der Waals surface area (Å²) in [5.41, 5.74) is 1.20. The van der Waals surface area contributed by atoms with Gasteiger partial charge < -0.3 is 10.1 Å². The molecule has 0 aromatic heterocycles. The summed E-state index contributed by atoms with van der Waals surface area (Å²) in [7, 11) is 0. The second-order valence-corrected chi connectivity index (χ2v) is 4.81. The fourth-order valence-electron chi connectivity index (χ4n) is 2.31. The van der Waals surface area contributed by atoms with Crippen molar-refractivity contribution in [1.82, 2.24) is 5.32 Å². The Morgan fingerprint density at radius 3 is 2.89 bits per heavy atom. The molecule has 0 radical (unpaired) electrons. The third kappa shape index (κ3) is 4.15. The molecule has 18 heavy (non-hydrogen) atoms. The Kier molecular flexibility index (Phi) is 5.21. The lowest BCUT2D eigenvalue weighted by molar-refractivity contribution is -0.126. The Bertz CT molecular complexity index is 364. The molecule has 1 aromatic rings. The molecule has 1 N–H and O–H groups in total. The zero-order valence-electron chi connectivity index (χ0n) is 10.7. The van der Waals surface area contributed by atoms with Gasteiger partial charge in [0.05, 0.1) is 6.61 Å². The van der Waals surface area contributed by atoms with E-state index in [9.17, 15) is 4.79 Å². The van der Waals surface area contributed by atoms with E-state index in [4.69, 9.17) is 4.74 Å². The molecule has 1 saturated heterocycles. The van der Waals surface area contributed by atoms with Crippen molar-refractivity contribution in [2.75, 3.05) is 13.2 Å². The maximum absolute atomic E-state index is 11.5. The monoisotopic (exact) mass is 247 g/mol. The van der Waals surface area contributed by atoms with Crippen molar-refractivity contribution in [3.63, 3.8) is 0 Å². The number of hydrogen-bond acceptors (Lipinski definition) is 2. The molecule has 3 nitrogen and oxygen atoms in total. The van der Waals surface area contributed by atoms with Crippen LogP contribution in [0.5, 0.6) is 0 Å². The maximum atomic E-state index is 11.5. The number of rotatable bonds is 6. The van der Waals surface area contributed by atoms with Crippen LogP contribution < -0.4 is 5.32 Å². The van der Waals surface area contributed by atoms with Crippen molar-refractivity contribution in [2.45, 2.75) is 32.3 Å². The van der Waals surface area contributed by atoms with E-state index < -0.39 is 0 Å². The molecule has 1 atom stereocenters. The van der Waals surface area contributed by atoms with Crippen molar-refractivity contribution in [2.24, 2.45) is 5.92 Å². The van der Waals surface area contributed by atoms with Gasteiger partial charge in [0.1, 0.15) is 0 Å². The topological polar surface area (TPSA) is 38.3 Å². The van der Waals surface area contributed by atoms with Gasteiger partial charge >= 0.3 is 0 Å². The zero-order chi connectivity index (χ0) is 12.6. The third-order valence-electron chi connectivity index (χ3n) is 3.35. The number of piperidine rings is 1. The highest BCUT2D eigenvalue weighted by molar-refractivity contribution is 5.79. The number of carbonyl (C=O) groups excluding carboxylic acids is 1. The van der Waals surface area contributed by atoms with Crippen LogP contribution in [0.4, 0.5) is 0 Å². The molecule has 0 spiro atoms. The van der Waals surface area contributed by atoms with E-state index in [1.807, 2.05) is 18.2 Å². The van der Waals surface area contributed by atoms with Gasteiger partial charge in [-0.05, 0) is 31.2 Å². The van der Waals surface area contributed by atoms with Crippen LogP contribution in [0.3, 0.4) is 0 Å². The van der Waals surface area contributed by atoms with E-state index in [2.05, 4.69) is 17.4 Å². The molecule has 0 saturated carbocycles. The standard InChI is InChI=1S/C15H21NO2/c17-15-14(8-4-10-16-15)9-5-11-18-12-13-6-2-1-3-7-13/h1-3,6-7,14H,4-5,8-12H2,(H,16,17)/t14-/m1/s1. The lowest BCUT2D eigenvalue weighted by atomic mass is 9.94. The molecular formula is C15H21NO2. The summed E-state index contributed by atoms with van der Waals surface area (Å²) in [5.74, 6) is 0.434. The van der Waals surface area contributed by atoms with Gasteiger partial charge in [0.15, 0.2) is 0 Å². The summed E-state index contributed by atoms with van der Waals surface area (Å²) in [6.45, 7) is 2.25. The van der Waals surface area contributed by atoms with Crippen molar-refractivity contribution in [3.05, 3.63) is 35.9 Å². The first kappa shape index (κ1) is 13.1. The van der Waals surface area contributed by atoms with Crippen LogP contribution in [0.25, 0.3) is 0 Å². The minimum atomic E-state index is 0.207. The molecular weight excluding hydrogens is 226 g/mol. The van der Waals surface area contributed by atoms with Crippen molar-refractivity contribution < 1.29 is 9.53 Å². The SMILES string of the molecule is O=C1NCCC[C@@H]1CCCOCc1ccccc1. The number of ether oxygens (including phenoxy) is 1. The first-order valence-corrected chi connectivity index (χ1v) is 6.75. The van der Waals surface area contributed by atoms with Gasteiger partial charge in [-0.3, -0.25) is 4.79 Å². The summed E-state index contributed by atoms with van der Waals surface area (Å²) < 4.78 is 5.61. The first-order chi connectivity index (χ1) is 8.86. The number of carbonyl (C=O) groups is 1. The molecule has 1 aliphatic rings. The number of hydrogen-bond donors (Lipinski definition) is 1. The van der Waals surface area contributed by atoms with Gasteiger partial charge in [0.2, 0.25) is 5.91 Å². The smallest absolute Gasteiger partial charge is 0.223 e. The summed E-state index contributed by atoms with van der Waals surface area (Å²) in [4.78, 5) is 11.5. The number of benzene rings is 1. The van der Waals surface area contributed by atoms with E-state index in [0.717, 1.165) is 38.8 Å². The highest BCUT2D eigenvalue weighted by atomic mass is 16.5. The Labute approximate surface area is 109 Å². The zero-order valence-corrected chi connectivity index (χ0v) is 10.7. The van der Waals surface area contributed by atoms with Crippen LogP contribution in [0.1, 0.15) is 31.2 Å². The molecule has 1 amide bonds. The van der Waals surface area contributed by atoms with Gasteiger partial charge in [-0.25, -0.2) is 0 Å². The molecule has 2 rings (SSSR count). The fraction of sp³-hybridized carbons (Fsp3) is 0.533. The molecule has 3 heteroatoms. The molecule has 0 aliphatic carbocycles. The maximum Gasteiger partial charge on any atom is 0.223 e. The predicted molar refractivity (Wildman–Crippen MR) is 71.1 cm³/mol. The highest BCUT2D eigenvalue weighted by Crippen LogP contribution is 2.17. The Hall–Kier alpha value is -1.35. The minimum absolute atomic E-state index is 0.207. The second kappa shape index (κ2) is 7.17. The fourth-order valence-corrected chi connectivity index (χ4v) is 2.31. The number of nitrogens with one attached hydrogen (secondary N) is 1. The van der Waals surface area contributed by atoms with Crippen LogP contribution in [0.2, 0.25) is 0 Å². The quantitative estimate of drug-likeness (QED) is 0.784. The van der Waals surface area contributed by atoms with Crippen molar-refractivity contribution in [1.29, 1.82) is 0 Å². The molecule has 1 fully saturated rings. The number of amides is 1. The highest BCUT2D eigenvalue weighted by Gasteiger charge is 2.20. The lowest BCUT2D eigenvalue weighted by Gasteiger charge is -2.21. The van der Waals surface area contributed by atoms with Crippen molar-refractivity contribution in [3.8, 4) is 0 Å². The van der Waals surface area contributed by atoms with E-state index in [1.165, 1.54) is 5.56 Å². The Morgan fingerprint density at radius 2 is 2.11 bits per heavy atom. The van der Waals surface area contributed by atoms with Gasteiger partial charge in [-0.15, -0.1) is 0 Å². The summed E-state index contributed by atoms with van der Waals surface area (Å²) >= 11 is 0. The van der Waals surface area contributed by atoms with Crippen LogP contribution in [-0.2, 0) is 16.1 Å². The average molecular weight is 247 g/mol. The summed E-state index contributed by atoms with van der Waals surface area (Å²) in [6.07, 6.45) is 4.05. The normalized spacial score (nSPS) is 19.6. The first-order valence-electron chi connectivity index (χ1n) is 6.75. The third-order valence-corrected chi connectivity index (χ3v) is 3.35. The minimum Gasteiger partial charge on any atom is -0.377 e. The molecule has 1 aromatic carbocycles. The van der Waals surface area contributed by atoms with E-state index in [1.54, 1.807) is 0 Å². The molecule has 0 bridgehead atoms. The summed E-state index contributed by atoms with van der Waals surface area (Å²) in [6, 6.07) is 10.2. The van der Waals surface area contributed by atoms with Crippen LogP contribution in [0, 0.1) is 5.92 Å². The van der Waals surface area contributed by atoms with E-state index in [-0.39, 0.29) is 11.8 Å².